The third kappa shape index (κ3) is 3.12. The van der Waals surface area contributed by atoms with Gasteiger partial charge in [0.1, 0.15) is 12.3 Å². The van der Waals surface area contributed by atoms with Gasteiger partial charge >= 0.3 is 0 Å². The van der Waals surface area contributed by atoms with Crippen molar-refractivity contribution in [3.05, 3.63) is 47.5 Å². The van der Waals surface area contributed by atoms with Gasteiger partial charge in [-0.05, 0) is 24.5 Å². The van der Waals surface area contributed by atoms with Gasteiger partial charge in [-0.2, -0.15) is 0 Å². The minimum Gasteiger partial charge on any atom is -0.493 e. The van der Waals surface area contributed by atoms with Crippen molar-refractivity contribution in [1.82, 2.24) is 4.90 Å². The van der Waals surface area contributed by atoms with Crippen LogP contribution in [0, 0.1) is 0 Å². The zero-order chi connectivity index (χ0) is 18.8. The number of methoxy groups -OCH3 is 2. The van der Waals surface area contributed by atoms with Crippen LogP contribution in [0.3, 0.4) is 0 Å². The Morgan fingerprint density at radius 3 is 2.70 bits per heavy atom. The zero-order valence-corrected chi connectivity index (χ0v) is 15.5. The van der Waals surface area contributed by atoms with Crippen LogP contribution in [-0.4, -0.2) is 43.8 Å². The van der Waals surface area contributed by atoms with Crippen molar-refractivity contribution < 1.29 is 19.0 Å². The van der Waals surface area contributed by atoms with E-state index in [4.69, 9.17) is 14.2 Å². The molecule has 0 aromatic heterocycles. The molecule has 1 amide bonds. The van der Waals surface area contributed by atoms with Crippen molar-refractivity contribution in [2.75, 3.05) is 20.8 Å². The highest BCUT2D eigenvalue weighted by molar-refractivity contribution is 6.05. The highest BCUT2D eigenvalue weighted by Gasteiger charge is 2.34. The summed E-state index contributed by atoms with van der Waals surface area (Å²) >= 11 is 0. The summed E-state index contributed by atoms with van der Waals surface area (Å²) in [6, 6.07) is 11.6. The number of carbonyl (C=O) groups excluding carboxylic acids is 1. The van der Waals surface area contributed by atoms with Crippen LogP contribution in [0.1, 0.15) is 28.8 Å². The summed E-state index contributed by atoms with van der Waals surface area (Å²) in [6.07, 6.45) is 3.76. The topological polar surface area (TPSA) is 60.4 Å². The van der Waals surface area contributed by atoms with Gasteiger partial charge in [0.2, 0.25) is 5.75 Å². The van der Waals surface area contributed by atoms with E-state index < -0.39 is 0 Å². The molecule has 0 spiro atoms. The van der Waals surface area contributed by atoms with Crippen molar-refractivity contribution in [1.29, 1.82) is 0 Å². The maximum atomic E-state index is 13.0. The molecular formula is C21H22N2O4. The number of hydrogen-bond donors (Lipinski definition) is 0. The van der Waals surface area contributed by atoms with E-state index in [1.165, 1.54) is 0 Å². The predicted octanol–water partition coefficient (Wildman–Crippen LogP) is 3.60. The van der Waals surface area contributed by atoms with Gasteiger partial charge in [0.15, 0.2) is 11.5 Å². The van der Waals surface area contributed by atoms with E-state index in [9.17, 15) is 4.79 Å². The first-order valence-corrected chi connectivity index (χ1v) is 9.03. The van der Waals surface area contributed by atoms with Crippen LogP contribution in [0.25, 0.3) is 0 Å². The summed E-state index contributed by atoms with van der Waals surface area (Å²) < 4.78 is 17.1. The fourth-order valence-electron chi connectivity index (χ4n) is 3.62. The Bertz CT molecular complexity index is 879. The van der Waals surface area contributed by atoms with E-state index in [-0.39, 0.29) is 11.9 Å². The molecule has 2 aromatic carbocycles. The fourth-order valence-corrected chi connectivity index (χ4v) is 3.62. The van der Waals surface area contributed by atoms with Gasteiger partial charge in [-0.25, -0.2) is 0 Å². The van der Waals surface area contributed by atoms with Crippen LogP contribution in [0.5, 0.6) is 17.2 Å². The van der Waals surface area contributed by atoms with Crippen molar-refractivity contribution in [3.8, 4) is 17.2 Å². The maximum Gasteiger partial charge on any atom is 0.256 e. The van der Waals surface area contributed by atoms with E-state index in [0.717, 1.165) is 24.9 Å². The van der Waals surface area contributed by atoms with Gasteiger partial charge in [-0.3, -0.25) is 9.79 Å². The van der Waals surface area contributed by atoms with Crippen molar-refractivity contribution in [2.24, 2.45) is 4.99 Å². The van der Waals surface area contributed by atoms with Crippen LogP contribution in [-0.2, 0) is 6.61 Å². The second kappa shape index (κ2) is 7.31. The Kier molecular flexibility index (Phi) is 4.71. The molecule has 27 heavy (non-hydrogen) atoms. The minimum absolute atomic E-state index is 0.0364. The Balaban J connectivity index is 1.76. The first kappa shape index (κ1) is 17.4. The Labute approximate surface area is 158 Å². The molecule has 2 aliphatic rings. The number of benzene rings is 2. The highest BCUT2D eigenvalue weighted by Crippen LogP contribution is 2.48. The molecule has 1 atom stereocenters. The van der Waals surface area contributed by atoms with Gasteiger partial charge in [0.25, 0.3) is 5.91 Å². The largest absolute Gasteiger partial charge is 0.493 e. The number of aliphatic imine (C=N–C) groups is 1. The highest BCUT2D eigenvalue weighted by atomic mass is 16.5. The lowest BCUT2D eigenvalue weighted by Gasteiger charge is -2.21. The molecule has 0 aliphatic carbocycles. The first-order valence-electron chi connectivity index (χ1n) is 9.03. The molecule has 0 unspecified atom stereocenters. The first-order chi connectivity index (χ1) is 13.2. The molecular weight excluding hydrogens is 344 g/mol. The average molecular weight is 366 g/mol. The molecule has 2 aromatic rings. The van der Waals surface area contributed by atoms with Gasteiger partial charge in [-0.1, -0.05) is 30.3 Å². The summed E-state index contributed by atoms with van der Waals surface area (Å²) in [5.74, 6) is 1.29. The minimum atomic E-state index is -0.0452. The van der Waals surface area contributed by atoms with Gasteiger partial charge < -0.3 is 19.1 Å². The standard InChI is InChI=1S/C21H22N2O4/c1-25-17-11-16-18(22-12-15-9-6-10-23(15)21(16)24)20(26-2)19(17)27-13-14-7-4-3-5-8-14/h3-5,7-8,11-12,15H,6,9-10,13H2,1-2H3/t15-/m0/s1. The molecule has 0 radical (unpaired) electrons. The number of hydrogen-bond acceptors (Lipinski definition) is 5. The van der Waals surface area contributed by atoms with E-state index in [2.05, 4.69) is 4.99 Å². The molecule has 140 valence electrons. The molecule has 4 rings (SSSR count). The molecule has 2 aliphatic heterocycles. The number of amides is 1. The van der Waals surface area contributed by atoms with E-state index >= 15 is 0 Å². The monoisotopic (exact) mass is 366 g/mol. The summed E-state index contributed by atoms with van der Waals surface area (Å²) in [5, 5.41) is 0. The Morgan fingerprint density at radius 1 is 1.15 bits per heavy atom. The van der Waals surface area contributed by atoms with Crippen LogP contribution >= 0.6 is 0 Å². The van der Waals surface area contributed by atoms with Gasteiger partial charge in [0.05, 0.1) is 25.8 Å². The lowest BCUT2D eigenvalue weighted by Crippen LogP contribution is -2.35. The number of nitrogens with zero attached hydrogens (tertiary/aromatic N) is 2. The smallest absolute Gasteiger partial charge is 0.256 e. The molecule has 2 heterocycles. The number of carbonyl (C=O) groups is 1. The van der Waals surface area contributed by atoms with Crippen molar-refractivity contribution in [2.45, 2.75) is 25.5 Å². The third-order valence-electron chi connectivity index (χ3n) is 4.99. The number of fused-ring (bicyclic) bond motifs is 2. The number of rotatable bonds is 5. The molecule has 1 fully saturated rings. The van der Waals surface area contributed by atoms with E-state index in [0.29, 0.717) is 35.1 Å². The Hall–Kier alpha value is -3.02. The van der Waals surface area contributed by atoms with Crippen LogP contribution in [0.4, 0.5) is 5.69 Å². The van der Waals surface area contributed by atoms with Crippen LogP contribution in [0.15, 0.2) is 41.4 Å². The van der Waals surface area contributed by atoms with Crippen LogP contribution < -0.4 is 14.2 Å². The Morgan fingerprint density at radius 2 is 1.96 bits per heavy atom. The van der Waals surface area contributed by atoms with Gasteiger partial charge in [-0.15, -0.1) is 0 Å². The molecule has 6 heteroatoms. The zero-order valence-electron chi connectivity index (χ0n) is 15.5. The molecule has 6 nitrogen and oxygen atoms in total. The van der Waals surface area contributed by atoms with E-state index in [1.807, 2.05) is 41.4 Å². The van der Waals surface area contributed by atoms with E-state index in [1.54, 1.807) is 20.3 Å². The predicted molar refractivity (Wildman–Crippen MR) is 103 cm³/mol. The summed E-state index contributed by atoms with van der Waals surface area (Å²) in [4.78, 5) is 19.5. The molecule has 0 N–H and O–H groups in total. The van der Waals surface area contributed by atoms with Gasteiger partial charge in [0, 0.05) is 12.8 Å². The summed E-state index contributed by atoms with van der Waals surface area (Å²) in [6.45, 7) is 1.10. The second-order valence-electron chi connectivity index (χ2n) is 6.60. The maximum absolute atomic E-state index is 13.0. The molecule has 0 saturated carbocycles. The average Bonchev–Trinajstić information content (AvgIpc) is 3.14. The lowest BCUT2D eigenvalue weighted by molar-refractivity contribution is 0.0774. The van der Waals surface area contributed by atoms with Crippen molar-refractivity contribution >= 4 is 17.8 Å². The van der Waals surface area contributed by atoms with Crippen LogP contribution in [0.2, 0.25) is 0 Å². The van der Waals surface area contributed by atoms with Crippen molar-refractivity contribution in [3.63, 3.8) is 0 Å². The summed E-state index contributed by atoms with van der Waals surface area (Å²) in [5.41, 5.74) is 2.01. The third-order valence-corrected chi connectivity index (χ3v) is 4.99. The fraction of sp³-hybridized carbons (Fsp3) is 0.333. The SMILES string of the molecule is COc1cc2c(c(OC)c1OCc1ccccc1)N=C[C@@H]1CCCN1C2=O. The lowest BCUT2D eigenvalue weighted by atomic mass is 10.1. The number of ether oxygens (including phenoxy) is 3. The molecule has 0 bridgehead atoms. The normalized spacial score (nSPS) is 17.9. The summed E-state index contributed by atoms with van der Waals surface area (Å²) in [7, 11) is 3.11. The quantitative estimate of drug-likeness (QED) is 0.811. The second-order valence-corrected chi connectivity index (χ2v) is 6.60. The molecule has 1 saturated heterocycles.